The lowest BCUT2D eigenvalue weighted by Gasteiger charge is -2.26. The predicted molar refractivity (Wildman–Crippen MR) is 104 cm³/mol. The molecule has 0 amide bonds. The summed E-state index contributed by atoms with van der Waals surface area (Å²) in [6.07, 6.45) is -1.14. The molecule has 2 bridgehead atoms. The zero-order chi connectivity index (χ0) is 20.3. The van der Waals surface area contributed by atoms with Crippen LogP contribution in [0.5, 0.6) is 5.75 Å². The van der Waals surface area contributed by atoms with Gasteiger partial charge in [0.25, 0.3) is 0 Å². The number of methoxy groups -OCH3 is 1. The van der Waals surface area contributed by atoms with Gasteiger partial charge in [0.1, 0.15) is 5.75 Å². The molecule has 5 rings (SSSR count). The highest BCUT2D eigenvalue weighted by Gasteiger charge is 2.57. The molecule has 0 aromatic heterocycles. The number of carbonyl (C=O) groups is 1. The summed E-state index contributed by atoms with van der Waals surface area (Å²) in [5.41, 5.74) is 2.50. The van der Waals surface area contributed by atoms with Crippen molar-refractivity contribution in [3.05, 3.63) is 65.2 Å². The van der Waals surface area contributed by atoms with Crippen molar-refractivity contribution in [3.63, 3.8) is 0 Å². The van der Waals surface area contributed by atoms with Crippen molar-refractivity contribution in [3.8, 4) is 5.75 Å². The minimum atomic E-state index is -4.37. The topological polar surface area (TPSA) is 26.3 Å². The Hall–Kier alpha value is -2.56. The van der Waals surface area contributed by atoms with E-state index in [1.54, 1.807) is 7.11 Å². The lowest BCUT2D eigenvalue weighted by Crippen LogP contribution is -2.24. The van der Waals surface area contributed by atoms with Crippen molar-refractivity contribution in [2.75, 3.05) is 7.11 Å². The van der Waals surface area contributed by atoms with Gasteiger partial charge >= 0.3 is 6.18 Å². The molecule has 0 N–H and O–H groups in total. The van der Waals surface area contributed by atoms with Crippen LogP contribution in [0.4, 0.5) is 13.2 Å². The lowest BCUT2D eigenvalue weighted by molar-refractivity contribution is -0.137. The van der Waals surface area contributed by atoms with Gasteiger partial charge in [0.2, 0.25) is 0 Å². The van der Waals surface area contributed by atoms with Crippen molar-refractivity contribution >= 4 is 16.9 Å². The van der Waals surface area contributed by atoms with Gasteiger partial charge in [-0.05, 0) is 78.0 Å². The van der Waals surface area contributed by atoms with Crippen LogP contribution in [0.2, 0.25) is 0 Å². The molecule has 0 spiro atoms. The Morgan fingerprint density at radius 1 is 0.862 bits per heavy atom. The van der Waals surface area contributed by atoms with Gasteiger partial charge < -0.3 is 4.74 Å². The van der Waals surface area contributed by atoms with E-state index in [1.165, 1.54) is 12.1 Å². The van der Waals surface area contributed by atoms with Crippen LogP contribution >= 0.6 is 0 Å². The number of allylic oxidation sites excluding steroid dienone is 2. The average molecular weight is 398 g/mol. The van der Waals surface area contributed by atoms with E-state index >= 15 is 0 Å². The minimum absolute atomic E-state index is 0.0249. The Kier molecular flexibility index (Phi) is 4.12. The molecule has 3 aliphatic rings. The highest BCUT2D eigenvalue weighted by Crippen LogP contribution is 2.62. The van der Waals surface area contributed by atoms with Gasteiger partial charge in [-0.3, -0.25) is 4.79 Å². The lowest BCUT2D eigenvalue weighted by atomic mass is 9.77. The van der Waals surface area contributed by atoms with E-state index in [9.17, 15) is 18.0 Å². The third-order valence-corrected chi connectivity index (χ3v) is 6.97. The monoisotopic (exact) mass is 398 g/mol. The maximum Gasteiger partial charge on any atom is 0.416 e. The molecular formula is C24H21F3O2. The van der Waals surface area contributed by atoms with E-state index in [-0.39, 0.29) is 17.6 Å². The first-order valence-electron chi connectivity index (χ1n) is 9.99. The summed E-state index contributed by atoms with van der Waals surface area (Å²) in [6.45, 7) is 0. The number of benzene rings is 2. The number of Topliss-reactive ketones (excluding diaryl/α,β-unsaturated/α-hetero) is 1. The number of ether oxygens (including phenoxy) is 1. The molecule has 150 valence electrons. The van der Waals surface area contributed by atoms with Crippen LogP contribution in [0.15, 0.2) is 48.5 Å². The van der Waals surface area contributed by atoms with Gasteiger partial charge in [0.15, 0.2) is 5.78 Å². The van der Waals surface area contributed by atoms with E-state index in [4.69, 9.17) is 4.74 Å². The average Bonchev–Trinajstić information content (AvgIpc) is 3.40. The Morgan fingerprint density at radius 3 is 2.03 bits per heavy atom. The number of carbonyl (C=O) groups excluding carboxylic acids is 1. The SMILES string of the molecule is COc1ccc(C2=C(c3ccc(C(F)(F)F)cc3)C3C(C2=O)[C@H]2CC[C@@H]3C2)cc1. The summed E-state index contributed by atoms with van der Waals surface area (Å²) in [5.74, 6) is 1.80. The molecule has 0 aliphatic heterocycles. The molecule has 2 aromatic carbocycles. The molecule has 5 heteroatoms. The van der Waals surface area contributed by atoms with Crippen LogP contribution in [-0.2, 0) is 11.0 Å². The highest BCUT2D eigenvalue weighted by atomic mass is 19.4. The maximum atomic E-state index is 13.5. The first-order valence-corrected chi connectivity index (χ1v) is 9.99. The molecule has 2 saturated carbocycles. The van der Waals surface area contributed by atoms with E-state index in [1.807, 2.05) is 24.3 Å². The fourth-order valence-corrected chi connectivity index (χ4v) is 5.78. The van der Waals surface area contributed by atoms with Crippen molar-refractivity contribution < 1.29 is 22.7 Å². The molecule has 0 heterocycles. The molecule has 0 radical (unpaired) electrons. The first kappa shape index (κ1) is 18.5. The van der Waals surface area contributed by atoms with Gasteiger partial charge in [0, 0.05) is 11.5 Å². The van der Waals surface area contributed by atoms with Crippen LogP contribution < -0.4 is 4.74 Å². The number of halogens is 3. The summed E-state index contributed by atoms with van der Waals surface area (Å²) in [7, 11) is 1.59. The van der Waals surface area contributed by atoms with E-state index in [0.29, 0.717) is 23.2 Å². The fourth-order valence-electron chi connectivity index (χ4n) is 5.78. The maximum absolute atomic E-state index is 13.5. The van der Waals surface area contributed by atoms with Gasteiger partial charge in [-0.25, -0.2) is 0 Å². The number of hydrogen-bond donors (Lipinski definition) is 0. The van der Waals surface area contributed by atoms with Crippen molar-refractivity contribution in [1.82, 2.24) is 0 Å². The van der Waals surface area contributed by atoms with E-state index in [2.05, 4.69) is 0 Å². The van der Waals surface area contributed by atoms with Gasteiger partial charge in [-0.1, -0.05) is 24.3 Å². The molecule has 0 saturated heterocycles. The first-order chi connectivity index (χ1) is 13.9. The molecule has 2 nitrogen and oxygen atoms in total. The fraction of sp³-hybridized carbons (Fsp3) is 0.375. The standard InChI is InChI=1S/C24H21F3O2/c1-29-18-10-6-14(7-11-18)21-19(13-4-8-17(9-5-13)24(25,26)27)20-15-2-3-16(12-15)22(20)23(21)28/h4-11,15-16,20,22H,2-3,12H2,1H3/t15-,16+,20?,22?/m1/s1. The summed E-state index contributed by atoms with van der Waals surface area (Å²) in [6, 6.07) is 12.7. The van der Waals surface area contributed by atoms with E-state index in [0.717, 1.165) is 48.1 Å². The molecule has 2 aromatic rings. The number of ketones is 1. The molecule has 4 atom stereocenters. The molecular weight excluding hydrogens is 377 g/mol. The van der Waals surface area contributed by atoms with Crippen LogP contribution in [0, 0.1) is 23.7 Å². The van der Waals surface area contributed by atoms with Crippen LogP contribution in [-0.4, -0.2) is 12.9 Å². The summed E-state index contributed by atoms with van der Waals surface area (Å²) in [4.78, 5) is 13.5. The summed E-state index contributed by atoms with van der Waals surface area (Å²) >= 11 is 0. The normalized spacial score (nSPS) is 28.2. The molecule has 3 aliphatic carbocycles. The second-order valence-corrected chi connectivity index (χ2v) is 8.34. The van der Waals surface area contributed by atoms with Crippen molar-refractivity contribution in [1.29, 1.82) is 0 Å². The second kappa shape index (κ2) is 6.48. The Balaban J connectivity index is 1.65. The third-order valence-electron chi connectivity index (χ3n) is 6.97. The Morgan fingerprint density at radius 2 is 1.45 bits per heavy atom. The number of fused-ring (bicyclic) bond motifs is 5. The highest BCUT2D eigenvalue weighted by molar-refractivity contribution is 6.32. The molecule has 2 fully saturated rings. The molecule has 29 heavy (non-hydrogen) atoms. The predicted octanol–water partition coefficient (Wildman–Crippen LogP) is 5.87. The summed E-state index contributed by atoms with van der Waals surface area (Å²) in [5, 5.41) is 0. The Bertz CT molecular complexity index is 986. The van der Waals surface area contributed by atoms with Crippen LogP contribution in [0.3, 0.4) is 0 Å². The zero-order valence-corrected chi connectivity index (χ0v) is 16.0. The minimum Gasteiger partial charge on any atom is -0.497 e. The quantitative estimate of drug-likeness (QED) is 0.646. The van der Waals surface area contributed by atoms with Gasteiger partial charge in [-0.15, -0.1) is 0 Å². The Labute approximate surface area is 167 Å². The van der Waals surface area contributed by atoms with E-state index < -0.39 is 11.7 Å². The smallest absolute Gasteiger partial charge is 0.416 e. The second-order valence-electron chi connectivity index (χ2n) is 8.34. The number of alkyl halides is 3. The number of hydrogen-bond acceptors (Lipinski definition) is 2. The van der Waals surface area contributed by atoms with Crippen LogP contribution in [0.1, 0.15) is 36.0 Å². The number of rotatable bonds is 3. The third kappa shape index (κ3) is 2.82. The largest absolute Gasteiger partial charge is 0.497 e. The van der Waals surface area contributed by atoms with Crippen molar-refractivity contribution in [2.24, 2.45) is 23.7 Å². The molecule has 2 unspecified atom stereocenters. The zero-order valence-electron chi connectivity index (χ0n) is 16.0. The summed E-state index contributed by atoms with van der Waals surface area (Å²) < 4.78 is 44.3. The van der Waals surface area contributed by atoms with Crippen molar-refractivity contribution in [2.45, 2.75) is 25.4 Å². The van der Waals surface area contributed by atoms with Gasteiger partial charge in [0.05, 0.1) is 12.7 Å². The van der Waals surface area contributed by atoms with Crippen LogP contribution in [0.25, 0.3) is 11.1 Å². The van der Waals surface area contributed by atoms with Gasteiger partial charge in [-0.2, -0.15) is 13.2 Å².